The minimum absolute atomic E-state index is 0.123. The van der Waals surface area contributed by atoms with Gasteiger partial charge in [0.2, 0.25) is 0 Å². The second-order valence-corrected chi connectivity index (χ2v) is 6.24. The van der Waals surface area contributed by atoms with Gasteiger partial charge in [0.15, 0.2) is 12.1 Å². The monoisotopic (exact) mass is 316 g/mol. The second-order valence-electron chi connectivity index (χ2n) is 6.24. The number of ketones is 1. The molecule has 0 atom stereocenters. The van der Waals surface area contributed by atoms with Gasteiger partial charge in [-0.05, 0) is 30.0 Å². The maximum atomic E-state index is 12.2. The van der Waals surface area contributed by atoms with Crippen molar-refractivity contribution < 1.29 is 14.8 Å². The highest BCUT2D eigenvalue weighted by Gasteiger charge is 2.21. The van der Waals surface area contributed by atoms with Crippen LogP contribution in [-0.2, 0) is 9.59 Å². The third-order valence-corrected chi connectivity index (χ3v) is 3.89. The van der Waals surface area contributed by atoms with Crippen LogP contribution in [0.2, 0.25) is 0 Å². The zero-order chi connectivity index (χ0) is 17.5. The van der Waals surface area contributed by atoms with Crippen molar-refractivity contribution in [2.45, 2.75) is 40.5 Å². The van der Waals surface area contributed by atoms with Crippen LogP contribution in [-0.4, -0.2) is 23.0 Å². The molecule has 0 aromatic heterocycles. The zero-order valence-corrected chi connectivity index (χ0v) is 14.1. The van der Waals surface area contributed by atoms with Gasteiger partial charge in [-0.1, -0.05) is 44.5 Å². The molecule has 5 heteroatoms. The molecule has 0 spiro atoms. The Morgan fingerprint density at radius 2 is 1.91 bits per heavy atom. The first kappa shape index (κ1) is 18.6. The molecule has 1 aromatic carbocycles. The maximum absolute atomic E-state index is 12.2. The molecule has 1 aromatic rings. The maximum Gasteiger partial charge on any atom is 0.168 e. The molecule has 124 valence electrons. The van der Waals surface area contributed by atoms with Gasteiger partial charge in [-0.15, -0.1) is 0 Å². The van der Waals surface area contributed by atoms with E-state index in [9.17, 15) is 9.59 Å². The van der Waals surface area contributed by atoms with Gasteiger partial charge >= 0.3 is 0 Å². The van der Waals surface area contributed by atoms with Crippen molar-refractivity contribution in [2.24, 2.45) is 10.6 Å². The number of anilines is 1. The Bertz CT molecular complexity index is 614. The molecule has 23 heavy (non-hydrogen) atoms. The number of benzene rings is 1. The van der Waals surface area contributed by atoms with Crippen molar-refractivity contribution in [2.75, 3.05) is 5.32 Å². The smallest absolute Gasteiger partial charge is 0.168 e. The third-order valence-electron chi connectivity index (χ3n) is 3.89. The van der Waals surface area contributed by atoms with Crippen LogP contribution < -0.4 is 5.32 Å². The molecule has 0 fully saturated rings. The second kappa shape index (κ2) is 8.27. The lowest BCUT2D eigenvalue weighted by molar-refractivity contribution is -0.119. The summed E-state index contributed by atoms with van der Waals surface area (Å²) in [6, 6.07) is 7.13. The summed E-state index contributed by atoms with van der Waals surface area (Å²) in [5.74, 6) is -0.167. The molecule has 2 N–H and O–H groups in total. The van der Waals surface area contributed by atoms with E-state index in [1.165, 1.54) is 6.20 Å². The van der Waals surface area contributed by atoms with Crippen LogP contribution in [0.5, 0.6) is 0 Å². The zero-order valence-electron chi connectivity index (χ0n) is 14.1. The number of allylic oxidation sites excluding steroid dienone is 1. The minimum Gasteiger partial charge on any atom is -0.411 e. The molecule has 0 saturated heterocycles. The Labute approximate surface area is 137 Å². The fourth-order valence-electron chi connectivity index (χ4n) is 1.87. The molecule has 0 saturated carbocycles. The van der Waals surface area contributed by atoms with Gasteiger partial charge in [0, 0.05) is 18.3 Å². The van der Waals surface area contributed by atoms with Crippen molar-refractivity contribution in [3.05, 3.63) is 41.6 Å². The Morgan fingerprint density at radius 3 is 2.39 bits per heavy atom. The fourth-order valence-corrected chi connectivity index (χ4v) is 1.87. The van der Waals surface area contributed by atoms with Gasteiger partial charge in [-0.2, -0.15) is 0 Å². The average molecular weight is 316 g/mol. The van der Waals surface area contributed by atoms with Crippen molar-refractivity contribution in [3.63, 3.8) is 0 Å². The Morgan fingerprint density at radius 1 is 1.30 bits per heavy atom. The van der Waals surface area contributed by atoms with Crippen LogP contribution in [0.25, 0.3) is 0 Å². The van der Waals surface area contributed by atoms with E-state index in [1.54, 1.807) is 31.2 Å². The largest absolute Gasteiger partial charge is 0.411 e. The molecule has 0 aliphatic heterocycles. The first-order chi connectivity index (χ1) is 10.8. The van der Waals surface area contributed by atoms with Gasteiger partial charge in [0.25, 0.3) is 0 Å². The van der Waals surface area contributed by atoms with Gasteiger partial charge in [0.1, 0.15) is 0 Å². The van der Waals surface area contributed by atoms with E-state index in [0.29, 0.717) is 18.4 Å². The number of nitrogens with zero attached hydrogens (tertiary/aromatic N) is 1. The molecule has 0 radical (unpaired) electrons. The number of rotatable bonds is 8. The lowest BCUT2D eigenvalue weighted by Gasteiger charge is -2.21. The molecule has 0 amide bonds. The summed E-state index contributed by atoms with van der Waals surface area (Å²) in [6.45, 7) is 7.73. The van der Waals surface area contributed by atoms with Crippen LogP contribution in [0.4, 0.5) is 5.69 Å². The van der Waals surface area contributed by atoms with Gasteiger partial charge < -0.3 is 10.5 Å². The van der Waals surface area contributed by atoms with E-state index in [0.717, 1.165) is 17.7 Å². The van der Waals surface area contributed by atoms with Crippen molar-refractivity contribution in [3.8, 4) is 0 Å². The predicted molar refractivity (Wildman–Crippen MR) is 91.9 cm³/mol. The molecule has 0 aliphatic rings. The Balaban J connectivity index is 2.80. The number of carbonyl (C=O) groups excluding carboxylic acids is 2. The van der Waals surface area contributed by atoms with Crippen LogP contribution in [0.1, 0.15) is 46.1 Å². The summed E-state index contributed by atoms with van der Waals surface area (Å²) >= 11 is 0. The highest BCUT2D eigenvalue weighted by atomic mass is 16.4. The summed E-state index contributed by atoms with van der Waals surface area (Å²) in [7, 11) is 0. The number of oxime groups is 1. The summed E-state index contributed by atoms with van der Waals surface area (Å²) in [5, 5.41) is 14.8. The molecular weight excluding hydrogens is 292 g/mol. The fraction of sp³-hybridized carbons (Fsp3) is 0.389. The topological polar surface area (TPSA) is 78.8 Å². The summed E-state index contributed by atoms with van der Waals surface area (Å²) in [6.07, 6.45) is 3.22. The molecular formula is C18H24N2O3. The number of nitrogens with one attached hydrogen (secondary N) is 1. The molecule has 0 aliphatic carbocycles. The highest BCUT2D eigenvalue weighted by Crippen LogP contribution is 2.25. The third kappa shape index (κ3) is 5.70. The minimum atomic E-state index is -0.167. The van der Waals surface area contributed by atoms with E-state index in [-0.39, 0.29) is 16.8 Å². The highest BCUT2D eigenvalue weighted by molar-refractivity contribution is 6.12. The molecule has 0 heterocycles. The van der Waals surface area contributed by atoms with Crippen LogP contribution >= 0.6 is 0 Å². The van der Waals surface area contributed by atoms with Gasteiger partial charge in [-0.25, -0.2) is 0 Å². The van der Waals surface area contributed by atoms with Crippen molar-refractivity contribution in [1.29, 1.82) is 0 Å². The van der Waals surface area contributed by atoms with E-state index in [1.807, 2.05) is 20.8 Å². The van der Waals surface area contributed by atoms with Gasteiger partial charge in [0.05, 0.1) is 11.3 Å². The standard InChI is InChI=1S/C18H24N2O3/c1-5-18(3,4)10-17(22)15(12-21)11-19-16-8-6-14(7-9-16)13(2)20-23/h6-9,11-12,19,23H,5,10H2,1-4H3/b15-11-,20-13+. The quantitative estimate of drug-likeness (QED) is 0.145. The van der Waals surface area contributed by atoms with Gasteiger partial charge in [-0.3, -0.25) is 9.59 Å². The molecule has 0 bridgehead atoms. The molecule has 0 unspecified atom stereocenters. The number of aldehydes is 1. The summed E-state index contributed by atoms with van der Waals surface area (Å²) in [4.78, 5) is 23.3. The number of Topliss-reactive ketones (excluding diaryl/α,β-unsaturated/α-hetero) is 1. The normalized spacial score (nSPS) is 12.9. The SMILES string of the molecule is CCC(C)(C)CC(=O)/C(C=O)=C\Nc1ccc(/C(C)=N/O)cc1. The lowest BCUT2D eigenvalue weighted by Crippen LogP contribution is -2.18. The summed E-state index contributed by atoms with van der Waals surface area (Å²) < 4.78 is 0. The van der Waals surface area contributed by atoms with E-state index in [2.05, 4.69) is 10.5 Å². The molecule has 1 rings (SSSR count). The van der Waals surface area contributed by atoms with Crippen LogP contribution in [0, 0.1) is 5.41 Å². The molecule has 5 nitrogen and oxygen atoms in total. The van der Waals surface area contributed by atoms with Crippen LogP contribution in [0.15, 0.2) is 41.2 Å². The van der Waals surface area contributed by atoms with E-state index < -0.39 is 0 Å². The number of hydrogen-bond acceptors (Lipinski definition) is 5. The van der Waals surface area contributed by atoms with E-state index in [4.69, 9.17) is 5.21 Å². The predicted octanol–water partition coefficient (Wildman–Crippen LogP) is 3.77. The first-order valence-corrected chi connectivity index (χ1v) is 7.57. The average Bonchev–Trinajstić information content (AvgIpc) is 2.54. The Hall–Kier alpha value is -2.43. The lowest BCUT2D eigenvalue weighted by atomic mass is 9.83. The summed E-state index contributed by atoms with van der Waals surface area (Å²) in [5.41, 5.74) is 2.04. The Kier molecular flexibility index (Phi) is 6.69. The van der Waals surface area contributed by atoms with Crippen molar-refractivity contribution in [1.82, 2.24) is 0 Å². The van der Waals surface area contributed by atoms with E-state index >= 15 is 0 Å². The first-order valence-electron chi connectivity index (χ1n) is 7.57. The number of carbonyl (C=O) groups is 2. The van der Waals surface area contributed by atoms with Crippen molar-refractivity contribution >= 4 is 23.5 Å². The number of hydrogen-bond donors (Lipinski definition) is 2. The van der Waals surface area contributed by atoms with Crippen LogP contribution in [0.3, 0.4) is 0 Å².